The Morgan fingerprint density at radius 3 is 2.81 bits per heavy atom. The maximum Gasteiger partial charge on any atom is 0.287 e. The Bertz CT molecular complexity index is 357. The lowest BCUT2D eigenvalue weighted by Crippen LogP contribution is -2.29. The first-order valence-electron chi connectivity index (χ1n) is 5.56. The van der Waals surface area contributed by atoms with Crippen LogP contribution < -0.4 is 5.32 Å². The molecule has 1 aromatic rings. The largest absolute Gasteiger partial charge is 0.456 e. The van der Waals surface area contributed by atoms with Crippen molar-refractivity contribution >= 4 is 5.91 Å². The molecule has 0 aliphatic heterocycles. The van der Waals surface area contributed by atoms with Crippen LogP contribution in [0.2, 0.25) is 0 Å². The van der Waals surface area contributed by atoms with E-state index in [1.54, 1.807) is 6.07 Å². The van der Waals surface area contributed by atoms with Gasteiger partial charge in [-0.15, -0.1) is 0 Å². The summed E-state index contributed by atoms with van der Waals surface area (Å²) >= 11 is 0. The fourth-order valence-electron chi connectivity index (χ4n) is 1.40. The summed E-state index contributed by atoms with van der Waals surface area (Å²) < 4.78 is 5.42. The molecule has 1 amide bonds. The van der Waals surface area contributed by atoms with Crippen LogP contribution in [-0.2, 0) is 6.42 Å². The maximum absolute atomic E-state index is 11.7. The Labute approximate surface area is 95.7 Å². The molecule has 1 atom stereocenters. The normalized spacial score (nSPS) is 12.5. The zero-order chi connectivity index (χ0) is 12.1. The highest BCUT2D eigenvalue weighted by atomic mass is 16.4. The van der Waals surface area contributed by atoms with Crippen molar-refractivity contribution in [3.8, 4) is 0 Å². The average Bonchev–Trinajstić information content (AvgIpc) is 2.66. The maximum atomic E-state index is 11.7. The SMILES string of the molecule is CCc1oc(C(=O)NCC(C)CO)cc1C. The van der Waals surface area contributed by atoms with Crippen LogP contribution in [0.1, 0.15) is 35.7 Å². The van der Waals surface area contributed by atoms with Gasteiger partial charge in [-0.25, -0.2) is 0 Å². The Hall–Kier alpha value is -1.29. The summed E-state index contributed by atoms with van der Waals surface area (Å²) in [5.74, 6) is 1.04. The number of hydrogen-bond acceptors (Lipinski definition) is 3. The highest BCUT2D eigenvalue weighted by Gasteiger charge is 2.13. The zero-order valence-electron chi connectivity index (χ0n) is 10.0. The molecule has 0 fully saturated rings. The molecule has 16 heavy (non-hydrogen) atoms. The number of furan rings is 1. The van der Waals surface area contributed by atoms with Crippen LogP contribution in [0.5, 0.6) is 0 Å². The Balaban J connectivity index is 2.59. The van der Waals surface area contributed by atoms with E-state index in [0.717, 1.165) is 17.7 Å². The fourth-order valence-corrected chi connectivity index (χ4v) is 1.40. The molecule has 0 saturated carbocycles. The predicted molar refractivity (Wildman–Crippen MR) is 61.4 cm³/mol. The summed E-state index contributed by atoms with van der Waals surface area (Å²) in [6.45, 7) is 6.30. The van der Waals surface area contributed by atoms with Gasteiger partial charge in [0.2, 0.25) is 0 Å². The van der Waals surface area contributed by atoms with Gasteiger partial charge in [0.1, 0.15) is 5.76 Å². The minimum Gasteiger partial charge on any atom is -0.456 e. The summed E-state index contributed by atoms with van der Waals surface area (Å²) in [5, 5.41) is 11.6. The second-order valence-corrected chi connectivity index (χ2v) is 4.07. The first-order chi connectivity index (χ1) is 7.58. The molecule has 0 bridgehead atoms. The van der Waals surface area contributed by atoms with Crippen molar-refractivity contribution in [2.75, 3.05) is 13.2 Å². The van der Waals surface area contributed by atoms with Crippen molar-refractivity contribution in [1.29, 1.82) is 0 Å². The minimum atomic E-state index is -0.219. The van der Waals surface area contributed by atoms with Gasteiger partial charge in [0.05, 0.1) is 0 Å². The summed E-state index contributed by atoms with van der Waals surface area (Å²) in [5.41, 5.74) is 1.00. The third-order valence-corrected chi connectivity index (χ3v) is 2.49. The number of carbonyl (C=O) groups is 1. The lowest BCUT2D eigenvalue weighted by molar-refractivity contribution is 0.0913. The summed E-state index contributed by atoms with van der Waals surface area (Å²) in [6, 6.07) is 1.75. The number of aliphatic hydroxyl groups excluding tert-OH is 1. The molecule has 1 unspecified atom stereocenters. The summed E-state index contributed by atoms with van der Waals surface area (Å²) in [4.78, 5) is 11.7. The van der Waals surface area contributed by atoms with Gasteiger partial charge in [-0.3, -0.25) is 4.79 Å². The van der Waals surface area contributed by atoms with E-state index in [2.05, 4.69) is 5.32 Å². The number of amides is 1. The average molecular weight is 225 g/mol. The van der Waals surface area contributed by atoms with E-state index in [0.29, 0.717) is 12.3 Å². The molecule has 1 aromatic heterocycles. The van der Waals surface area contributed by atoms with E-state index >= 15 is 0 Å². The van der Waals surface area contributed by atoms with E-state index < -0.39 is 0 Å². The number of rotatable bonds is 5. The highest BCUT2D eigenvalue weighted by molar-refractivity contribution is 5.91. The fraction of sp³-hybridized carbons (Fsp3) is 0.583. The highest BCUT2D eigenvalue weighted by Crippen LogP contribution is 2.14. The van der Waals surface area contributed by atoms with Gasteiger partial charge in [0, 0.05) is 19.6 Å². The van der Waals surface area contributed by atoms with Crippen LogP contribution in [0.4, 0.5) is 0 Å². The van der Waals surface area contributed by atoms with Gasteiger partial charge >= 0.3 is 0 Å². The monoisotopic (exact) mass is 225 g/mol. The molecule has 4 heteroatoms. The van der Waals surface area contributed by atoms with Crippen LogP contribution >= 0.6 is 0 Å². The lowest BCUT2D eigenvalue weighted by Gasteiger charge is -2.07. The van der Waals surface area contributed by atoms with Crippen molar-refractivity contribution in [3.05, 3.63) is 23.2 Å². The van der Waals surface area contributed by atoms with E-state index in [9.17, 15) is 4.79 Å². The van der Waals surface area contributed by atoms with E-state index in [4.69, 9.17) is 9.52 Å². The number of aliphatic hydroxyl groups is 1. The third-order valence-electron chi connectivity index (χ3n) is 2.49. The van der Waals surface area contributed by atoms with Crippen molar-refractivity contribution in [1.82, 2.24) is 5.32 Å². The van der Waals surface area contributed by atoms with E-state index in [1.165, 1.54) is 0 Å². The molecule has 0 aliphatic rings. The molecular weight excluding hydrogens is 206 g/mol. The molecule has 90 valence electrons. The lowest BCUT2D eigenvalue weighted by atomic mass is 10.2. The molecule has 0 spiro atoms. The molecule has 4 nitrogen and oxygen atoms in total. The molecule has 2 N–H and O–H groups in total. The van der Waals surface area contributed by atoms with E-state index in [-0.39, 0.29) is 18.4 Å². The summed E-state index contributed by atoms with van der Waals surface area (Å²) in [7, 11) is 0. The summed E-state index contributed by atoms with van der Waals surface area (Å²) in [6.07, 6.45) is 0.784. The van der Waals surface area contributed by atoms with Crippen molar-refractivity contribution < 1.29 is 14.3 Å². The second kappa shape index (κ2) is 5.70. The van der Waals surface area contributed by atoms with Crippen LogP contribution in [0.25, 0.3) is 0 Å². The van der Waals surface area contributed by atoms with Gasteiger partial charge in [0.25, 0.3) is 5.91 Å². The first kappa shape index (κ1) is 12.8. The number of nitrogens with one attached hydrogen (secondary N) is 1. The van der Waals surface area contributed by atoms with Gasteiger partial charge in [-0.05, 0) is 24.5 Å². The topological polar surface area (TPSA) is 62.5 Å². The minimum absolute atomic E-state index is 0.0608. The van der Waals surface area contributed by atoms with Gasteiger partial charge in [0.15, 0.2) is 5.76 Å². The van der Waals surface area contributed by atoms with Crippen molar-refractivity contribution in [2.24, 2.45) is 5.92 Å². The Kier molecular flexibility index (Phi) is 4.55. The van der Waals surface area contributed by atoms with Crippen LogP contribution in [-0.4, -0.2) is 24.2 Å². The van der Waals surface area contributed by atoms with Crippen LogP contribution in [0.3, 0.4) is 0 Å². The number of hydrogen-bond donors (Lipinski definition) is 2. The molecule has 0 saturated heterocycles. The van der Waals surface area contributed by atoms with Crippen LogP contribution in [0, 0.1) is 12.8 Å². The Morgan fingerprint density at radius 1 is 1.62 bits per heavy atom. The standard InChI is InChI=1S/C12H19NO3/c1-4-10-9(3)5-11(16-10)12(15)13-6-8(2)7-14/h5,8,14H,4,6-7H2,1-3H3,(H,13,15). The van der Waals surface area contributed by atoms with Gasteiger partial charge in [-0.1, -0.05) is 13.8 Å². The van der Waals surface area contributed by atoms with E-state index in [1.807, 2.05) is 20.8 Å². The molecular formula is C12H19NO3. The first-order valence-corrected chi connectivity index (χ1v) is 5.56. The molecule has 1 rings (SSSR count). The molecule has 0 aromatic carbocycles. The Morgan fingerprint density at radius 2 is 2.31 bits per heavy atom. The van der Waals surface area contributed by atoms with Crippen LogP contribution in [0.15, 0.2) is 10.5 Å². The quantitative estimate of drug-likeness (QED) is 0.798. The molecule has 0 aliphatic carbocycles. The predicted octanol–water partition coefficient (Wildman–Crippen LogP) is 1.51. The smallest absolute Gasteiger partial charge is 0.287 e. The second-order valence-electron chi connectivity index (χ2n) is 4.07. The van der Waals surface area contributed by atoms with Gasteiger partial charge in [-0.2, -0.15) is 0 Å². The molecule has 1 heterocycles. The third kappa shape index (κ3) is 3.10. The number of carbonyl (C=O) groups excluding carboxylic acids is 1. The molecule has 0 radical (unpaired) electrons. The van der Waals surface area contributed by atoms with Gasteiger partial charge < -0.3 is 14.8 Å². The van der Waals surface area contributed by atoms with Crippen molar-refractivity contribution in [3.63, 3.8) is 0 Å². The zero-order valence-corrected chi connectivity index (χ0v) is 10.0. The van der Waals surface area contributed by atoms with Crippen molar-refractivity contribution in [2.45, 2.75) is 27.2 Å². The number of aryl methyl sites for hydroxylation is 2.